The summed E-state index contributed by atoms with van der Waals surface area (Å²) in [7, 11) is 0. The zero-order chi connectivity index (χ0) is 17.8. The van der Waals surface area contributed by atoms with E-state index in [1.807, 2.05) is 26.0 Å². The SMILES string of the molecule is Cc1cc(C)cc(-c2nnc(SCC(=O)Nc3ccccc3F)o2)c1. The fourth-order valence-corrected chi connectivity index (χ4v) is 2.92. The quantitative estimate of drug-likeness (QED) is 0.692. The van der Waals surface area contributed by atoms with Gasteiger partial charge in [0.25, 0.3) is 5.22 Å². The number of aryl methyl sites for hydroxylation is 2. The molecule has 0 saturated heterocycles. The fourth-order valence-electron chi connectivity index (χ4n) is 2.36. The smallest absolute Gasteiger partial charge is 0.277 e. The molecule has 25 heavy (non-hydrogen) atoms. The molecule has 5 nitrogen and oxygen atoms in total. The summed E-state index contributed by atoms with van der Waals surface area (Å²) in [6, 6.07) is 12.0. The molecule has 7 heteroatoms. The first-order valence-electron chi connectivity index (χ1n) is 7.60. The van der Waals surface area contributed by atoms with Crippen LogP contribution >= 0.6 is 11.8 Å². The maximum atomic E-state index is 13.5. The van der Waals surface area contributed by atoms with Crippen LogP contribution in [0.1, 0.15) is 11.1 Å². The standard InChI is InChI=1S/C18H16FN3O2S/c1-11-7-12(2)9-13(8-11)17-21-22-18(24-17)25-10-16(23)20-15-6-4-3-5-14(15)19/h3-9H,10H2,1-2H3,(H,20,23). The molecule has 128 valence electrons. The normalized spacial score (nSPS) is 10.7. The average molecular weight is 357 g/mol. The molecule has 0 aliphatic rings. The largest absolute Gasteiger partial charge is 0.411 e. The predicted octanol–water partition coefficient (Wildman–Crippen LogP) is 4.22. The van der Waals surface area contributed by atoms with Crippen LogP contribution in [0, 0.1) is 19.7 Å². The highest BCUT2D eigenvalue weighted by molar-refractivity contribution is 7.99. The van der Waals surface area contributed by atoms with E-state index in [-0.39, 0.29) is 22.6 Å². The van der Waals surface area contributed by atoms with Crippen LogP contribution in [0.4, 0.5) is 10.1 Å². The lowest BCUT2D eigenvalue weighted by Gasteiger charge is -2.04. The van der Waals surface area contributed by atoms with Crippen LogP contribution in [-0.2, 0) is 4.79 Å². The number of benzene rings is 2. The minimum atomic E-state index is -0.476. The second-order valence-corrected chi connectivity index (χ2v) is 6.49. The lowest BCUT2D eigenvalue weighted by Crippen LogP contribution is -2.14. The van der Waals surface area contributed by atoms with Gasteiger partial charge in [-0.3, -0.25) is 4.79 Å². The summed E-state index contributed by atoms with van der Waals surface area (Å²) in [5.74, 6) is -0.371. The van der Waals surface area contributed by atoms with Crippen molar-refractivity contribution in [2.45, 2.75) is 19.1 Å². The minimum absolute atomic E-state index is 0.0445. The molecule has 1 amide bonds. The number of thioether (sulfide) groups is 1. The third-order valence-corrected chi connectivity index (χ3v) is 4.17. The molecule has 1 heterocycles. The average Bonchev–Trinajstić information content (AvgIpc) is 3.03. The number of para-hydroxylation sites is 1. The van der Waals surface area contributed by atoms with Gasteiger partial charge in [0.15, 0.2) is 0 Å². The maximum Gasteiger partial charge on any atom is 0.277 e. The lowest BCUT2D eigenvalue weighted by molar-refractivity contribution is -0.113. The molecule has 0 fully saturated rings. The van der Waals surface area contributed by atoms with Gasteiger partial charge in [0.2, 0.25) is 11.8 Å². The summed E-state index contributed by atoms with van der Waals surface area (Å²) < 4.78 is 19.1. The van der Waals surface area contributed by atoms with Gasteiger partial charge in [-0.15, -0.1) is 10.2 Å². The Morgan fingerprint density at radius 2 is 1.88 bits per heavy atom. The molecule has 2 aromatic carbocycles. The molecule has 0 unspecified atom stereocenters. The van der Waals surface area contributed by atoms with Crippen molar-refractivity contribution in [3.8, 4) is 11.5 Å². The number of rotatable bonds is 5. The molecule has 0 bridgehead atoms. The van der Waals surface area contributed by atoms with Crippen molar-refractivity contribution in [3.05, 3.63) is 59.4 Å². The number of amides is 1. The van der Waals surface area contributed by atoms with Gasteiger partial charge >= 0.3 is 0 Å². The molecule has 1 aromatic heterocycles. The van der Waals surface area contributed by atoms with E-state index < -0.39 is 5.82 Å². The van der Waals surface area contributed by atoms with Crippen molar-refractivity contribution >= 4 is 23.4 Å². The number of hydrogen-bond acceptors (Lipinski definition) is 5. The van der Waals surface area contributed by atoms with E-state index in [2.05, 4.69) is 21.6 Å². The van der Waals surface area contributed by atoms with Crippen LogP contribution in [-0.4, -0.2) is 21.9 Å². The number of aromatic nitrogens is 2. The first-order valence-corrected chi connectivity index (χ1v) is 8.59. The van der Waals surface area contributed by atoms with Crippen molar-refractivity contribution < 1.29 is 13.6 Å². The van der Waals surface area contributed by atoms with Gasteiger partial charge in [-0.2, -0.15) is 0 Å². The van der Waals surface area contributed by atoms with Crippen LogP contribution in [0.15, 0.2) is 52.1 Å². The van der Waals surface area contributed by atoms with Gasteiger partial charge < -0.3 is 9.73 Å². The molecule has 0 radical (unpaired) electrons. The Labute approximate surface area is 148 Å². The highest BCUT2D eigenvalue weighted by Gasteiger charge is 2.13. The number of carbonyl (C=O) groups excluding carboxylic acids is 1. The van der Waals surface area contributed by atoms with Gasteiger partial charge in [0.05, 0.1) is 11.4 Å². The lowest BCUT2D eigenvalue weighted by atomic mass is 10.1. The monoisotopic (exact) mass is 357 g/mol. The van der Waals surface area contributed by atoms with Crippen LogP contribution in [0.25, 0.3) is 11.5 Å². The van der Waals surface area contributed by atoms with E-state index in [9.17, 15) is 9.18 Å². The zero-order valence-corrected chi connectivity index (χ0v) is 14.6. The number of nitrogens with one attached hydrogen (secondary N) is 1. The van der Waals surface area contributed by atoms with Gasteiger partial charge in [0, 0.05) is 5.56 Å². The Bertz CT molecular complexity index is 891. The second kappa shape index (κ2) is 7.48. The van der Waals surface area contributed by atoms with Crippen LogP contribution in [0.3, 0.4) is 0 Å². The number of carbonyl (C=O) groups is 1. The van der Waals surface area contributed by atoms with Crippen molar-refractivity contribution in [1.29, 1.82) is 0 Å². The van der Waals surface area contributed by atoms with Gasteiger partial charge in [-0.05, 0) is 38.1 Å². The van der Waals surface area contributed by atoms with Crippen molar-refractivity contribution in [1.82, 2.24) is 10.2 Å². The zero-order valence-electron chi connectivity index (χ0n) is 13.7. The molecule has 0 aliphatic carbocycles. The molecule has 0 atom stereocenters. The Morgan fingerprint density at radius 3 is 2.60 bits per heavy atom. The fraction of sp³-hybridized carbons (Fsp3) is 0.167. The molecule has 0 spiro atoms. The maximum absolute atomic E-state index is 13.5. The van der Waals surface area contributed by atoms with Crippen molar-refractivity contribution in [2.75, 3.05) is 11.1 Å². The highest BCUT2D eigenvalue weighted by Crippen LogP contribution is 2.25. The topological polar surface area (TPSA) is 68.0 Å². The van der Waals surface area contributed by atoms with Crippen LogP contribution < -0.4 is 5.32 Å². The summed E-state index contributed by atoms with van der Waals surface area (Å²) >= 11 is 1.10. The summed E-state index contributed by atoms with van der Waals surface area (Å²) in [5, 5.41) is 10.8. The Hall–Kier alpha value is -2.67. The summed E-state index contributed by atoms with van der Waals surface area (Å²) in [5.41, 5.74) is 3.19. The van der Waals surface area contributed by atoms with Crippen LogP contribution in [0.2, 0.25) is 0 Å². The molecule has 0 saturated carbocycles. The molecular weight excluding hydrogens is 341 g/mol. The van der Waals surface area contributed by atoms with E-state index in [0.717, 1.165) is 28.5 Å². The third-order valence-electron chi connectivity index (χ3n) is 3.35. The molecule has 3 aromatic rings. The first kappa shape index (κ1) is 17.2. The van der Waals surface area contributed by atoms with Gasteiger partial charge in [-0.25, -0.2) is 4.39 Å². The van der Waals surface area contributed by atoms with E-state index >= 15 is 0 Å². The van der Waals surface area contributed by atoms with Crippen LogP contribution in [0.5, 0.6) is 0 Å². The van der Waals surface area contributed by atoms with Crippen molar-refractivity contribution in [2.24, 2.45) is 0 Å². The highest BCUT2D eigenvalue weighted by atomic mass is 32.2. The van der Waals surface area contributed by atoms with Gasteiger partial charge in [0.1, 0.15) is 5.82 Å². The number of hydrogen-bond donors (Lipinski definition) is 1. The Balaban J connectivity index is 1.62. The molecule has 3 rings (SSSR count). The minimum Gasteiger partial charge on any atom is -0.411 e. The van der Waals surface area contributed by atoms with E-state index in [1.54, 1.807) is 12.1 Å². The predicted molar refractivity (Wildman–Crippen MR) is 95.0 cm³/mol. The van der Waals surface area contributed by atoms with Gasteiger partial charge in [-0.1, -0.05) is 41.1 Å². The second-order valence-electron chi connectivity index (χ2n) is 5.57. The van der Waals surface area contributed by atoms with E-state index in [0.29, 0.717) is 5.89 Å². The third kappa shape index (κ3) is 4.45. The Kier molecular flexibility index (Phi) is 5.14. The number of nitrogens with zero attached hydrogens (tertiary/aromatic N) is 2. The van der Waals surface area contributed by atoms with Crippen molar-refractivity contribution in [3.63, 3.8) is 0 Å². The van der Waals surface area contributed by atoms with E-state index in [1.165, 1.54) is 12.1 Å². The number of anilines is 1. The molecular formula is C18H16FN3O2S. The summed E-state index contributed by atoms with van der Waals surface area (Å²) in [6.07, 6.45) is 0. The molecule has 0 aliphatic heterocycles. The Morgan fingerprint density at radius 1 is 1.16 bits per heavy atom. The first-order chi connectivity index (χ1) is 12.0. The summed E-state index contributed by atoms with van der Waals surface area (Å²) in [4.78, 5) is 11.9. The number of halogens is 1. The summed E-state index contributed by atoms with van der Waals surface area (Å²) in [6.45, 7) is 3.99. The molecule has 1 N–H and O–H groups in total. The van der Waals surface area contributed by atoms with E-state index in [4.69, 9.17) is 4.42 Å².